The number of methoxy groups -OCH3 is 2. The van der Waals surface area contributed by atoms with E-state index in [4.69, 9.17) is 21.1 Å². The highest BCUT2D eigenvalue weighted by Gasteiger charge is 2.12. The molecule has 0 amide bonds. The molecule has 0 fully saturated rings. The third kappa shape index (κ3) is 2.03. The Balaban J connectivity index is 3.27. The summed E-state index contributed by atoms with van der Waals surface area (Å²) in [4.78, 5) is 0.928. The van der Waals surface area contributed by atoms with Crippen molar-refractivity contribution in [2.45, 2.75) is 4.90 Å². The zero-order chi connectivity index (χ0) is 9.84. The summed E-state index contributed by atoms with van der Waals surface area (Å²) in [6.45, 7) is 0. The van der Waals surface area contributed by atoms with Crippen LogP contribution in [0.5, 0.6) is 11.5 Å². The highest BCUT2D eigenvalue weighted by atomic mass is 35.5. The minimum Gasteiger partial charge on any atom is -0.495 e. The van der Waals surface area contributed by atoms with Gasteiger partial charge in [-0.15, -0.1) is 11.8 Å². The molecule has 1 aromatic carbocycles. The van der Waals surface area contributed by atoms with E-state index in [0.29, 0.717) is 10.8 Å². The summed E-state index contributed by atoms with van der Waals surface area (Å²) in [6.07, 6.45) is 1.96. The number of hydrogen-bond acceptors (Lipinski definition) is 3. The molecule has 4 heteroatoms. The number of halogens is 1. The van der Waals surface area contributed by atoms with Crippen LogP contribution < -0.4 is 9.47 Å². The van der Waals surface area contributed by atoms with E-state index in [-0.39, 0.29) is 0 Å². The third-order valence-electron chi connectivity index (χ3n) is 1.66. The molecule has 0 bridgehead atoms. The molecule has 0 spiro atoms. The van der Waals surface area contributed by atoms with Crippen molar-refractivity contribution in [1.82, 2.24) is 0 Å². The highest BCUT2D eigenvalue weighted by molar-refractivity contribution is 7.98. The van der Waals surface area contributed by atoms with Crippen molar-refractivity contribution in [3.05, 3.63) is 17.2 Å². The first-order chi connectivity index (χ1) is 6.24. The number of benzene rings is 1. The van der Waals surface area contributed by atoms with Gasteiger partial charge in [0.1, 0.15) is 5.75 Å². The van der Waals surface area contributed by atoms with Gasteiger partial charge < -0.3 is 9.47 Å². The van der Waals surface area contributed by atoms with Crippen LogP contribution in [0.25, 0.3) is 0 Å². The number of thioether (sulfide) groups is 1. The number of ether oxygens (including phenoxy) is 2. The molecule has 0 aromatic heterocycles. The van der Waals surface area contributed by atoms with E-state index >= 15 is 0 Å². The smallest absolute Gasteiger partial charge is 0.154 e. The van der Waals surface area contributed by atoms with E-state index in [2.05, 4.69) is 0 Å². The van der Waals surface area contributed by atoms with Crippen LogP contribution in [0, 0.1) is 0 Å². The Morgan fingerprint density at radius 1 is 1.23 bits per heavy atom. The fraction of sp³-hybridized carbons (Fsp3) is 0.333. The Bertz CT molecular complexity index is 302. The average molecular weight is 219 g/mol. The van der Waals surface area contributed by atoms with E-state index in [0.717, 1.165) is 10.6 Å². The molecular weight excluding hydrogens is 208 g/mol. The normalized spacial score (nSPS) is 9.85. The summed E-state index contributed by atoms with van der Waals surface area (Å²) in [5.74, 6) is 1.46. The zero-order valence-corrected chi connectivity index (χ0v) is 9.33. The molecule has 0 N–H and O–H groups in total. The lowest BCUT2D eigenvalue weighted by Gasteiger charge is -2.11. The van der Waals surface area contributed by atoms with Crippen molar-refractivity contribution in [2.24, 2.45) is 0 Å². The second kappa shape index (κ2) is 4.63. The quantitative estimate of drug-likeness (QED) is 0.727. The van der Waals surface area contributed by atoms with Crippen LogP contribution in [0.1, 0.15) is 0 Å². The monoisotopic (exact) mass is 218 g/mol. The molecule has 13 heavy (non-hydrogen) atoms. The summed E-state index contributed by atoms with van der Waals surface area (Å²) in [5.41, 5.74) is 0. The summed E-state index contributed by atoms with van der Waals surface area (Å²) >= 11 is 7.49. The minimum absolute atomic E-state index is 0.604. The van der Waals surface area contributed by atoms with Gasteiger partial charge in [0.2, 0.25) is 0 Å². The Labute approximate surface area is 87.2 Å². The van der Waals surface area contributed by atoms with Gasteiger partial charge in [0.25, 0.3) is 0 Å². The standard InChI is InChI=1S/C9H11ClO2S/c1-11-7-5-4-6(10)8(12-2)9(7)13-3/h4-5H,1-3H3. The first-order valence-electron chi connectivity index (χ1n) is 3.69. The molecule has 0 aliphatic rings. The van der Waals surface area contributed by atoms with E-state index < -0.39 is 0 Å². The molecule has 0 atom stereocenters. The SMILES string of the molecule is COc1ccc(Cl)c(OC)c1SC. The zero-order valence-electron chi connectivity index (χ0n) is 7.76. The summed E-state index contributed by atoms with van der Waals surface area (Å²) in [6, 6.07) is 3.59. The predicted octanol–water partition coefficient (Wildman–Crippen LogP) is 3.08. The lowest BCUT2D eigenvalue weighted by Crippen LogP contribution is -1.91. The Kier molecular flexibility index (Phi) is 3.75. The largest absolute Gasteiger partial charge is 0.495 e. The topological polar surface area (TPSA) is 18.5 Å². The van der Waals surface area contributed by atoms with Gasteiger partial charge in [-0.05, 0) is 18.4 Å². The van der Waals surface area contributed by atoms with Gasteiger partial charge in [-0.25, -0.2) is 0 Å². The van der Waals surface area contributed by atoms with E-state index in [1.165, 1.54) is 0 Å². The van der Waals surface area contributed by atoms with Crippen molar-refractivity contribution < 1.29 is 9.47 Å². The van der Waals surface area contributed by atoms with Gasteiger partial charge in [-0.3, -0.25) is 0 Å². The molecule has 0 saturated heterocycles. The van der Waals surface area contributed by atoms with Crippen LogP contribution in [-0.2, 0) is 0 Å². The predicted molar refractivity (Wildman–Crippen MR) is 56.3 cm³/mol. The number of rotatable bonds is 3. The van der Waals surface area contributed by atoms with Crippen LogP contribution in [0.3, 0.4) is 0 Å². The van der Waals surface area contributed by atoms with Crippen molar-refractivity contribution in [3.63, 3.8) is 0 Å². The van der Waals surface area contributed by atoms with Crippen molar-refractivity contribution in [1.29, 1.82) is 0 Å². The molecule has 0 unspecified atom stereocenters. The third-order valence-corrected chi connectivity index (χ3v) is 2.75. The van der Waals surface area contributed by atoms with Gasteiger partial charge in [-0.1, -0.05) is 11.6 Å². The molecule has 0 radical (unpaired) electrons. The summed E-state index contributed by atoms with van der Waals surface area (Å²) < 4.78 is 10.4. The summed E-state index contributed by atoms with van der Waals surface area (Å²) in [5, 5.41) is 0.604. The first-order valence-corrected chi connectivity index (χ1v) is 5.29. The van der Waals surface area contributed by atoms with Gasteiger partial charge in [0, 0.05) is 0 Å². The second-order valence-corrected chi connectivity index (χ2v) is 3.54. The van der Waals surface area contributed by atoms with Crippen molar-refractivity contribution in [2.75, 3.05) is 20.5 Å². The Morgan fingerprint density at radius 3 is 2.38 bits per heavy atom. The Morgan fingerprint density at radius 2 is 1.92 bits per heavy atom. The molecule has 72 valence electrons. The van der Waals surface area contributed by atoms with E-state index in [1.807, 2.05) is 12.3 Å². The van der Waals surface area contributed by atoms with Crippen molar-refractivity contribution >= 4 is 23.4 Å². The van der Waals surface area contributed by atoms with Crippen LogP contribution in [-0.4, -0.2) is 20.5 Å². The molecule has 0 aliphatic carbocycles. The molecule has 0 aliphatic heterocycles. The molecule has 0 saturated carbocycles. The highest BCUT2D eigenvalue weighted by Crippen LogP contribution is 2.41. The van der Waals surface area contributed by atoms with Crippen LogP contribution in [0.15, 0.2) is 17.0 Å². The van der Waals surface area contributed by atoms with E-state index in [9.17, 15) is 0 Å². The van der Waals surface area contributed by atoms with Crippen LogP contribution in [0.4, 0.5) is 0 Å². The Hall–Kier alpha value is -0.540. The lowest BCUT2D eigenvalue weighted by atomic mass is 10.3. The summed E-state index contributed by atoms with van der Waals surface area (Å²) in [7, 11) is 3.22. The molecule has 1 aromatic rings. The van der Waals surface area contributed by atoms with Gasteiger partial charge in [0.15, 0.2) is 5.75 Å². The second-order valence-electron chi connectivity index (χ2n) is 2.32. The van der Waals surface area contributed by atoms with E-state index in [1.54, 1.807) is 32.0 Å². The number of hydrogen-bond donors (Lipinski definition) is 0. The van der Waals surface area contributed by atoms with Crippen molar-refractivity contribution in [3.8, 4) is 11.5 Å². The molecular formula is C9H11ClO2S. The molecule has 0 heterocycles. The first kappa shape index (κ1) is 10.5. The molecule has 1 rings (SSSR count). The lowest BCUT2D eigenvalue weighted by molar-refractivity contribution is 0.377. The minimum atomic E-state index is 0.604. The van der Waals surface area contributed by atoms with Gasteiger partial charge in [0.05, 0.1) is 24.1 Å². The average Bonchev–Trinajstić information content (AvgIpc) is 2.17. The van der Waals surface area contributed by atoms with Crippen LogP contribution in [0.2, 0.25) is 5.02 Å². The van der Waals surface area contributed by atoms with Gasteiger partial charge >= 0.3 is 0 Å². The maximum atomic E-state index is 5.94. The fourth-order valence-electron chi connectivity index (χ4n) is 1.06. The maximum absolute atomic E-state index is 5.94. The fourth-order valence-corrected chi connectivity index (χ4v) is 2.09. The maximum Gasteiger partial charge on any atom is 0.154 e. The van der Waals surface area contributed by atoms with Gasteiger partial charge in [-0.2, -0.15) is 0 Å². The van der Waals surface area contributed by atoms with Crippen LogP contribution >= 0.6 is 23.4 Å². The molecule has 2 nitrogen and oxygen atoms in total.